The highest BCUT2D eigenvalue weighted by Gasteiger charge is 2.19. The van der Waals surface area contributed by atoms with Gasteiger partial charge in [0.15, 0.2) is 0 Å². The summed E-state index contributed by atoms with van der Waals surface area (Å²) in [6.45, 7) is 6.80. The van der Waals surface area contributed by atoms with Crippen LogP contribution in [0.2, 0.25) is 5.02 Å². The van der Waals surface area contributed by atoms with E-state index in [1.807, 2.05) is 20.8 Å². The van der Waals surface area contributed by atoms with Gasteiger partial charge in [0.05, 0.1) is 16.2 Å². The van der Waals surface area contributed by atoms with Crippen LogP contribution in [0.3, 0.4) is 0 Å². The molecule has 0 aliphatic rings. The molecule has 0 radical (unpaired) electrons. The van der Waals surface area contributed by atoms with Gasteiger partial charge in [-0.25, -0.2) is 0 Å². The number of carbonyl (C=O) groups excluding carboxylic acids is 1. The first kappa shape index (κ1) is 15.3. The fourth-order valence-electron chi connectivity index (χ4n) is 1.52. The molecule has 0 aliphatic heterocycles. The second-order valence-corrected chi connectivity index (χ2v) is 5.46. The minimum absolute atomic E-state index is 0.219. The zero-order valence-corrected chi connectivity index (χ0v) is 12.4. The third kappa shape index (κ3) is 4.52. The number of ether oxygens (including phenoxy) is 1. The van der Waals surface area contributed by atoms with Gasteiger partial charge in [0.25, 0.3) is 5.91 Å². The first-order valence-electron chi connectivity index (χ1n) is 5.76. The fraction of sp³-hybridized carbons (Fsp3) is 0.462. The third-order valence-corrected chi connectivity index (χ3v) is 3.01. The molecule has 0 bridgehead atoms. The molecule has 0 saturated carbocycles. The molecule has 0 atom stereocenters. The lowest BCUT2D eigenvalue weighted by Gasteiger charge is -2.25. The Balaban J connectivity index is 2.69. The molecule has 0 saturated heterocycles. The van der Waals surface area contributed by atoms with E-state index in [1.165, 1.54) is 0 Å². The van der Waals surface area contributed by atoms with Crippen molar-refractivity contribution in [2.24, 2.45) is 0 Å². The summed E-state index contributed by atoms with van der Waals surface area (Å²) in [5.41, 5.74) is 0.0339. The average Bonchev–Trinajstić information content (AvgIpc) is 2.29. The summed E-state index contributed by atoms with van der Waals surface area (Å²) < 4.78 is 5.51. The van der Waals surface area contributed by atoms with Gasteiger partial charge in [-0.3, -0.25) is 4.79 Å². The number of benzene rings is 1. The zero-order valence-electron chi connectivity index (χ0n) is 10.8. The first-order valence-corrected chi connectivity index (χ1v) is 6.59. The molecule has 3 nitrogen and oxygen atoms in total. The highest BCUT2D eigenvalue weighted by molar-refractivity contribution is 7.80. The molecule has 5 heteroatoms. The van der Waals surface area contributed by atoms with Crippen LogP contribution < -0.4 is 5.32 Å². The summed E-state index contributed by atoms with van der Waals surface area (Å²) in [5.74, 6) is -0.219. The van der Waals surface area contributed by atoms with Crippen molar-refractivity contribution < 1.29 is 9.53 Å². The average molecular weight is 288 g/mol. The zero-order chi connectivity index (χ0) is 13.8. The van der Waals surface area contributed by atoms with E-state index in [1.54, 1.807) is 18.2 Å². The Morgan fingerprint density at radius 1 is 1.50 bits per heavy atom. The van der Waals surface area contributed by atoms with Crippen molar-refractivity contribution in [3.63, 3.8) is 0 Å². The van der Waals surface area contributed by atoms with E-state index in [0.29, 0.717) is 28.6 Å². The Morgan fingerprint density at radius 2 is 2.17 bits per heavy atom. The molecule has 0 aliphatic carbocycles. The Labute approximate surface area is 118 Å². The molecule has 0 spiro atoms. The number of halogens is 1. The van der Waals surface area contributed by atoms with Gasteiger partial charge in [0.1, 0.15) is 0 Å². The molecule has 1 aromatic rings. The van der Waals surface area contributed by atoms with Gasteiger partial charge in [-0.05, 0) is 39.0 Å². The standard InChI is InChI=1S/C13H18ClNO2S/c1-4-17-13(2,3)8-15-12(16)10-7-9(18)5-6-11(10)14/h5-7,18H,4,8H2,1-3H3,(H,15,16). The van der Waals surface area contributed by atoms with Crippen LogP contribution in [0.25, 0.3) is 0 Å². The van der Waals surface area contributed by atoms with E-state index in [9.17, 15) is 4.79 Å². The number of hydrogen-bond acceptors (Lipinski definition) is 3. The lowest BCUT2D eigenvalue weighted by molar-refractivity contribution is -0.00815. The van der Waals surface area contributed by atoms with Crippen molar-refractivity contribution in [2.75, 3.05) is 13.2 Å². The van der Waals surface area contributed by atoms with E-state index in [-0.39, 0.29) is 5.91 Å². The van der Waals surface area contributed by atoms with E-state index in [2.05, 4.69) is 17.9 Å². The van der Waals surface area contributed by atoms with Crippen molar-refractivity contribution in [1.29, 1.82) is 0 Å². The van der Waals surface area contributed by atoms with Gasteiger partial charge in [-0.2, -0.15) is 0 Å². The molecule has 1 N–H and O–H groups in total. The normalized spacial score (nSPS) is 11.4. The summed E-state index contributed by atoms with van der Waals surface area (Å²) in [7, 11) is 0. The van der Waals surface area contributed by atoms with E-state index in [0.717, 1.165) is 0 Å². The number of thiol groups is 1. The van der Waals surface area contributed by atoms with Crippen LogP contribution in [-0.4, -0.2) is 24.7 Å². The van der Waals surface area contributed by atoms with E-state index in [4.69, 9.17) is 16.3 Å². The Hall–Kier alpha value is -0.710. The number of rotatable bonds is 5. The molecule has 0 unspecified atom stereocenters. The lowest BCUT2D eigenvalue weighted by atomic mass is 10.1. The van der Waals surface area contributed by atoms with Crippen molar-refractivity contribution in [1.82, 2.24) is 5.32 Å². The minimum atomic E-state index is -0.393. The number of carbonyl (C=O) groups is 1. The third-order valence-electron chi connectivity index (χ3n) is 2.40. The molecule has 1 amide bonds. The van der Waals surface area contributed by atoms with E-state index >= 15 is 0 Å². The van der Waals surface area contributed by atoms with Crippen LogP contribution in [0, 0.1) is 0 Å². The number of amides is 1. The highest BCUT2D eigenvalue weighted by atomic mass is 35.5. The minimum Gasteiger partial charge on any atom is -0.374 e. The molecular formula is C13H18ClNO2S. The summed E-state index contributed by atoms with van der Waals surface area (Å²) in [4.78, 5) is 12.7. The van der Waals surface area contributed by atoms with Gasteiger partial charge >= 0.3 is 0 Å². The molecule has 18 heavy (non-hydrogen) atoms. The number of hydrogen-bond donors (Lipinski definition) is 2. The van der Waals surface area contributed by atoms with Gasteiger partial charge in [-0.1, -0.05) is 11.6 Å². The summed E-state index contributed by atoms with van der Waals surface area (Å²) in [6.07, 6.45) is 0. The predicted molar refractivity (Wildman–Crippen MR) is 76.7 cm³/mol. The summed E-state index contributed by atoms with van der Waals surface area (Å²) in [5, 5.41) is 3.23. The van der Waals surface area contributed by atoms with Gasteiger partial charge < -0.3 is 10.1 Å². The topological polar surface area (TPSA) is 38.3 Å². The molecule has 0 aromatic heterocycles. The molecule has 0 heterocycles. The first-order chi connectivity index (χ1) is 8.35. The maximum atomic E-state index is 12.0. The smallest absolute Gasteiger partial charge is 0.252 e. The molecule has 100 valence electrons. The summed E-state index contributed by atoms with van der Waals surface area (Å²) >= 11 is 10.2. The molecule has 1 rings (SSSR count). The van der Waals surface area contributed by atoms with Crippen LogP contribution in [0.1, 0.15) is 31.1 Å². The van der Waals surface area contributed by atoms with Crippen molar-refractivity contribution in [3.05, 3.63) is 28.8 Å². The predicted octanol–water partition coefficient (Wildman–Crippen LogP) is 3.17. The van der Waals surface area contributed by atoms with Gasteiger partial charge in [0, 0.05) is 18.0 Å². The maximum Gasteiger partial charge on any atom is 0.252 e. The quantitative estimate of drug-likeness (QED) is 0.817. The highest BCUT2D eigenvalue weighted by Crippen LogP contribution is 2.19. The lowest BCUT2D eigenvalue weighted by Crippen LogP contribution is -2.40. The molecular weight excluding hydrogens is 270 g/mol. The van der Waals surface area contributed by atoms with Gasteiger partial charge in [-0.15, -0.1) is 12.6 Å². The largest absolute Gasteiger partial charge is 0.374 e. The fourth-order valence-corrected chi connectivity index (χ4v) is 1.92. The van der Waals surface area contributed by atoms with Crippen molar-refractivity contribution in [3.8, 4) is 0 Å². The Bertz CT molecular complexity index is 435. The Morgan fingerprint density at radius 3 is 2.78 bits per heavy atom. The summed E-state index contributed by atoms with van der Waals surface area (Å²) in [6, 6.07) is 5.05. The SMILES string of the molecule is CCOC(C)(C)CNC(=O)c1cc(S)ccc1Cl. The van der Waals surface area contributed by atoms with Crippen LogP contribution in [-0.2, 0) is 4.74 Å². The van der Waals surface area contributed by atoms with E-state index < -0.39 is 5.60 Å². The Kier molecular flexibility index (Phi) is 5.50. The number of nitrogens with one attached hydrogen (secondary N) is 1. The van der Waals surface area contributed by atoms with Crippen molar-refractivity contribution >= 4 is 30.1 Å². The monoisotopic (exact) mass is 287 g/mol. The molecule has 0 fully saturated rings. The second-order valence-electron chi connectivity index (χ2n) is 4.54. The van der Waals surface area contributed by atoms with Crippen LogP contribution >= 0.6 is 24.2 Å². The van der Waals surface area contributed by atoms with Gasteiger partial charge in [0.2, 0.25) is 0 Å². The van der Waals surface area contributed by atoms with Crippen LogP contribution in [0.4, 0.5) is 0 Å². The maximum absolute atomic E-state index is 12.0. The molecule has 1 aromatic carbocycles. The van der Waals surface area contributed by atoms with Crippen LogP contribution in [0.15, 0.2) is 23.1 Å². The second kappa shape index (κ2) is 6.45. The van der Waals surface area contributed by atoms with Crippen LogP contribution in [0.5, 0.6) is 0 Å². The van der Waals surface area contributed by atoms with Crippen molar-refractivity contribution in [2.45, 2.75) is 31.3 Å².